The normalized spacial score (nSPS) is 14.4. The third-order valence-corrected chi connectivity index (χ3v) is 7.19. The summed E-state index contributed by atoms with van der Waals surface area (Å²) in [5.41, 5.74) is 2.36. The number of methoxy groups -OCH3 is 2. The predicted octanol–water partition coefficient (Wildman–Crippen LogP) is 3.48. The maximum atomic E-state index is 13.2. The Hall–Kier alpha value is -3.59. The standard InChI is InChI=1S/C25H26N4O4S/c1-32-20-9-8-17(14-21(20)33-2)15-23(30)27-10-5-11-28(13-12-27)24(31)18-16-29-19-6-3-4-7-22(19)34-25(29)26-18/h3-4,6-9,14,16H,5,10-13,15H2,1-2H3. The molecule has 2 amide bonds. The molecule has 0 radical (unpaired) electrons. The van der Waals surface area contributed by atoms with E-state index >= 15 is 0 Å². The maximum Gasteiger partial charge on any atom is 0.274 e. The fourth-order valence-corrected chi connectivity index (χ4v) is 5.37. The summed E-state index contributed by atoms with van der Waals surface area (Å²) in [4.78, 5) is 35.2. The summed E-state index contributed by atoms with van der Waals surface area (Å²) in [7, 11) is 3.16. The first kappa shape index (κ1) is 22.2. The lowest BCUT2D eigenvalue weighted by Gasteiger charge is -2.22. The molecule has 4 aromatic rings. The lowest BCUT2D eigenvalue weighted by Crippen LogP contribution is -2.38. The molecule has 0 saturated carbocycles. The van der Waals surface area contributed by atoms with Crippen molar-refractivity contribution in [2.75, 3.05) is 40.4 Å². The molecule has 0 bridgehead atoms. The molecular weight excluding hydrogens is 452 g/mol. The van der Waals surface area contributed by atoms with Crippen molar-refractivity contribution >= 4 is 38.3 Å². The first-order chi connectivity index (χ1) is 16.6. The fraction of sp³-hybridized carbons (Fsp3) is 0.320. The van der Waals surface area contributed by atoms with Crippen molar-refractivity contribution in [3.05, 3.63) is 59.9 Å². The maximum absolute atomic E-state index is 13.2. The summed E-state index contributed by atoms with van der Waals surface area (Å²) in [6.45, 7) is 2.22. The van der Waals surface area contributed by atoms with Crippen LogP contribution in [0.25, 0.3) is 15.2 Å². The Kier molecular flexibility index (Phi) is 6.10. The topological polar surface area (TPSA) is 76.4 Å². The van der Waals surface area contributed by atoms with E-state index in [0.717, 1.165) is 27.2 Å². The van der Waals surface area contributed by atoms with E-state index < -0.39 is 0 Å². The molecule has 0 spiro atoms. The van der Waals surface area contributed by atoms with E-state index in [1.807, 2.05) is 51.9 Å². The number of thiazole rings is 1. The van der Waals surface area contributed by atoms with Crippen molar-refractivity contribution in [3.63, 3.8) is 0 Å². The average Bonchev–Trinajstić information content (AvgIpc) is 3.31. The Labute approximate surface area is 201 Å². The summed E-state index contributed by atoms with van der Waals surface area (Å²) in [5, 5.41) is 0. The molecule has 176 valence electrons. The van der Waals surface area contributed by atoms with Gasteiger partial charge in [0, 0.05) is 32.4 Å². The second-order valence-corrected chi connectivity index (χ2v) is 9.25. The highest BCUT2D eigenvalue weighted by Gasteiger charge is 2.25. The van der Waals surface area contributed by atoms with Gasteiger partial charge in [-0.25, -0.2) is 4.98 Å². The van der Waals surface area contributed by atoms with E-state index in [1.54, 1.807) is 30.5 Å². The monoisotopic (exact) mass is 478 g/mol. The van der Waals surface area contributed by atoms with Crippen LogP contribution in [0, 0.1) is 0 Å². The minimum absolute atomic E-state index is 0.0375. The van der Waals surface area contributed by atoms with Crippen molar-refractivity contribution in [3.8, 4) is 11.5 Å². The third-order valence-electron chi connectivity index (χ3n) is 6.16. The van der Waals surface area contributed by atoms with Crippen molar-refractivity contribution < 1.29 is 19.1 Å². The van der Waals surface area contributed by atoms with E-state index in [0.29, 0.717) is 43.4 Å². The average molecular weight is 479 g/mol. The summed E-state index contributed by atoms with van der Waals surface area (Å²) in [6.07, 6.45) is 2.83. The van der Waals surface area contributed by atoms with Gasteiger partial charge in [-0.3, -0.25) is 14.0 Å². The van der Waals surface area contributed by atoms with Gasteiger partial charge in [-0.1, -0.05) is 29.5 Å². The minimum atomic E-state index is -0.0887. The van der Waals surface area contributed by atoms with E-state index in [1.165, 1.54) is 0 Å². The van der Waals surface area contributed by atoms with Gasteiger partial charge in [-0.2, -0.15) is 0 Å². The van der Waals surface area contributed by atoms with Gasteiger partial charge in [-0.15, -0.1) is 0 Å². The molecule has 0 N–H and O–H groups in total. The molecule has 2 aromatic carbocycles. The lowest BCUT2D eigenvalue weighted by atomic mass is 10.1. The van der Waals surface area contributed by atoms with Crippen LogP contribution in [0.15, 0.2) is 48.7 Å². The molecule has 9 heteroatoms. The molecule has 1 aliphatic heterocycles. The Morgan fingerprint density at radius 2 is 1.74 bits per heavy atom. The van der Waals surface area contributed by atoms with Crippen LogP contribution < -0.4 is 9.47 Å². The molecule has 34 heavy (non-hydrogen) atoms. The molecule has 8 nitrogen and oxygen atoms in total. The van der Waals surface area contributed by atoms with Crippen LogP contribution in [0.1, 0.15) is 22.5 Å². The molecule has 1 aliphatic rings. The van der Waals surface area contributed by atoms with Gasteiger partial charge in [-0.05, 0) is 36.2 Å². The number of para-hydroxylation sites is 1. The Bertz CT molecular complexity index is 1360. The highest BCUT2D eigenvalue weighted by atomic mass is 32.1. The van der Waals surface area contributed by atoms with E-state index in [-0.39, 0.29) is 18.2 Å². The molecule has 0 aliphatic carbocycles. The summed E-state index contributed by atoms with van der Waals surface area (Å²) < 4.78 is 13.7. The molecule has 0 atom stereocenters. The highest BCUT2D eigenvalue weighted by Crippen LogP contribution is 2.28. The van der Waals surface area contributed by atoms with Crippen molar-refractivity contribution in [2.45, 2.75) is 12.8 Å². The van der Waals surface area contributed by atoms with Crippen LogP contribution in [0.5, 0.6) is 11.5 Å². The molecule has 0 unspecified atom stereocenters. The number of ether oxygens (including phenoxy) is 2. The van der Waals surface area contributed by atoms with Gasteiger partial charge in [0.15, 0.2) is 16.5 Å². The number of benzene rings is 2. The Balaban J connectivity index is 1.25. The number of hydrogen-bond acceptors (Lipinski definition) is 6. The zero-order valence-corrected chi connectivity index (χ0v) is 20.0. The number of carbonyl (C=O) groups excluding carboxylic acids is 2. The van der Waals surface area contributed by atoms with Crippen LogP contribution in [0.2, 0.25) is 0 Å². The molecule has 5 rings (SSSR count). The first-order valence-corrected chi connectivity index (χ1v) is 12.0. The Morgan fingerprint density at radius 3 is 2.56 bits per heavy atom. The van der Waals surface area contributed by atoms with Crippen LogP contribution in [-0.4, -0.2) is 71.4 Å². The predicted molar refractivity (Wildman–Crippen MR) is 131 cm³/mol. The third kappa shape index (κ3) is 4.19. The highest BCUT2D eigenvalue weighted by molar-refractivity contribution is 7.23. The number of hydrogen-bond donors (Lipinski definition) is 0. The largest absolute Gasteiger partial charge is 0.493 e. The quantitative estimate of drug-likeness (QED) is 0.439. The van der Waals surface area contributed by atoms with Gasteiger partial charge < -0.3 is 19.3 Å². The van der Waals surface area contributed by atoms with Gasteiger partial charge in [0.25, 0.3) is 5.91 Å². The van der Waals surface area contributed by atoms with Crippen molar-refractivity contribution in [1.29, 1.82) is 0 Å². The zero-order chi connectivity index (χ0) is 23.7. The van der Waals surface area contributed by atoms with Crippen LogP contribution >= 0.6 is 11.3 Å². The van der Waals surface area contributed by atoms with Gasteiger partial charge >= 0.3 is 0 Å². The molecule has 1 fully saturated rings. The fourth-order valence-electron chi connectivity index (χ4n) is 4.36. The second kappa shape index (κ2) is 9.34. The van der Waals surface area contributed by atoms with E-state index in [4.69, 9.17) is 9.47 Å². The summed E-state index contributed by atoms with van der Waals surface area (Å²) >= 11 is 1.57. The Morgan fingerprint density at radius 1 is 0.971 bits per heavy atom. The lowest BCUT2D eigenvalue weighted by molar-refractivity contribution is -0.130. The molecular formula is C25H26N4O4S. The number of imidazole rings is 1. The zero-order valence-electron chi connectivity index (χ0n) is 19.2. The SMILES string of the molecule is COc1ccc(CC(=O)N2CCCN(C(=O)c3cn4c(n3)sc3ccccc34)CC2)cc1OC. The number of carbonyl (C=O) groups is 2. The summed E-state index contributed by atoms with van der Waals surface area (Å²) in [5.74, 6) is 1.19. The van der Waals surface area contributed by atoms with Crippen molar-refractivity contribution in [1.82, 2.24) is 19.2 Å². The van der Waals surface area contributed by atoms with Gasteiger partial charge in [0.1, 0.15) is 5.69 Å². The van der Waals surface area contributed by atoms with Crippen LogP contribution in [-0.2, 0) is 11.2 Å². The van der Waals surface area contributed by atoms with Gasteiger partial charge in [0.05, 0.1) is 30.9 Å². The first-order valence-electron chi connectivity index (χ1n) is 11.2. The van der Waals surface area contributed by atoms with Crippen molar-refractivity contribution in [2.24, 2.45) is 0 Å². The summed E-state index contributed by atoms with van der Waals surface area (Å²) in [6, 6.07) is 13.6. The van der Waals surface area contributed by atoms with Crippen LogP contribution in [0.3, 0.4) is 0 Å². The molecule has 3 heterocycles. The van der Waals surface area contributed by atoms with Gasteiger partial charge in [0.2, 0.25) is 5.91 Å². The number of nitrogens with zero attached hydrogens (tertiary/aromatic N) is 4. The number of rotatable bonds is 5. The smallest absolute Gasteiger partial charge is 0.274 e. The van der Waals surface area contributed by atoms with E-state index in [9.17, 15) is 9.59 Å². The second-order valence-electron chi connectivity index (χ2n) is 8.24. The number of aromatic nitrogens is 2. The minimum Gasteiger partial charge on any atom is -0.493 e. The van der Waals surface area contributed by atoms with Crippen LogP contribution in [0.4, 0.5) is 0 Å². The van der Waals surface area contributed by atoms with E-state index in [2.05, 4.69) is 11.1 Å². The molecule has 2 aromatic heterocycles. The molecule has 1 saturated heterocycles. The number of fused-ring (bicyclic) bond motifs is 3. The number of amides is 2.